The number of carbonyl (C=O) groups excluding carboxylic acids is 2. The molecular weight excluding hydrogens is 400 g/mol. The van der Waals surface area contributed by atoms with Crippen LogP contribution in [0.15, 0.2) is 45.7 Å². The lowest BCUT2D eigenvalue weighted by atomic mass is 9.90. The number of anilines is 1. The second kappa shape index (κ2) is 7.54. The van der Waals surface area contributed by atoms with E-state index < -0.39 is 17.3 Å². The zero-order valence-electron chi connectivity index (χ0n) is 16.9. The van der Waals surface area contributed by atoms with Crippen molar-refractivity contribution in [3.8, 4) is 11.5 Å². The van der Waals surface area contributed by atoms with Crippen molar-refractivity contribution in [2.45, 2.75) is 38.6 Å². The van der Waals surface area contributed by atoms with Crippen molar-refractivity contribution in [2.24, 2.45) is 0 Å². The summed E-state index contributed by atoms with van der Waals surface area (Å²) in [5.74, 6) is -0.0182. The van der Waals surface area contributed by atoms with Crippen molar-refractivity contribution in [2.75, 3.05) is 11.7 Å². The highest BCUT2D eigenvalue weighted by atomic mass is 16.7. The molecule has 0 saturated heterocycles. The van der Waals surface area contributed by atoms with Crippen molar-refractivity contribution in [1.82, 2.24) is 5.16 Å². The van der Waals surface area contributed by atoms with Crippen molar-refractivity contribution in [3.05, 3.63) is 58.1 Å². The molecule has 0 bridgehead atoms. The van der Waals surface area contributed by atoms with E-state index in [1.54, 1.807) is 48.2 Å². The fraction of sp³-hybridized carbons (Fsp3) is 0.304. The number of ether oxygens (including phenoxy) is 2. The second-order valence-electron chi connectivity index (χ2n) is 7.80. The third-order valence-corrected chi connectivity index (χ3v) is 5.88. The van der Waals surface area contributed by atoms with Gasteiger partial charge in [0, 0.05) is 29.1 Å². The Morgan fingerprint density at radius 1 is 1.13 bits per heavy atom. The van der Waals surface area contributed by atoms with Gasteiger partial charge in [0.2, 0.25) is 12.6 Å². The van der Waals surface area contributed by atoms with E-state index in [2.05, 4.69) is 5.16 Å². The van der Waals surface area contributed by atoms with E-state index >= 15 is 0 Å². The molecule has 0 spiro atoms. The van der Waals surface area contributed by atoms with Crippen LogP contribution in [0, 0.1) is 6.92 Å². The van der Waals surface area contributed by atoms with Crippen LogP contribution in [0.4, 0.5) is 5.69 Å². The Labute approximate surface area is 177 Å². The van der Waals surface area contributed by atoms with Crippen molar-refractivity contribution < 1.29 is 23.6 Å². The Bertz CT molecular complexity index is 1260. The molecule has 5 rings (SSSR count). The highest BCUT2D eigenvalue weighted by Crippen LogP contribution is 2.36. The average Bonchev–Trinajstić information content (AvgIpc) is 3.22. The summed E-state index contributed by atoms with van der Waals surface area (Å²) in [7, 11) is 0. The van der Waals surface area contributed by atoms with Gasteiger partial charge in [-0.15, -0.1) is 0 Å². The fourth-order valence-corrected chi connectivity index (χ4v) is 4.02. The lowest BCUT2D eigenvalue weighted by molar-refractivity contribution is -0.136. The maximum Gasteiger partial charge on any atom is 0.366 e. The maximum absolute atomic E-state index is 13.3. The first-order valence-corrected chi connectivity index (χ1v) is 10.2. The number of benzene rings is 2. The minimum atomic E-state index is -0.575. The van der Waals surface area contributed by atoms with Gasteiger partial charge in [-0.1, -0.05) is 17.3 Å². The van der Waals surface area contributed by atoms with Gasteiger partial charge in [0.15, 0.2) is 11.5 Å². The smallest absolute Gasteiger partial charge is 0.366 e. The van der Waals surface area contributed by atoms with Gasteiger partial charge in [0.25, 0.3) is 5.91 Å². The molecule has 158 valence electrons. The van der Waals surface area contributed by atoms with E-state index in [0.717, 1.165) is 19.3 Å². The van der Waals surface area contributed by atoms with Crippen LogP contribution in [-0.4, -0.2) is 29.7 Å². The highest BCUT2D eigenvalue weighted by molar-refractivity contribution is 6.42. The molecule has 2 heterocycles. The number of hydrogen-bond acceptors (Lipinski definition) is 7. The minimum Gasteiger partial charge on any atom is -0.454 e. The first-order valence-electron chi connectivity index (χ1n) is 10.2. The first-order chi connectivity index (χ1) is 15.0. The molecule has 1 aliphatic carbocycles. The van der Waals surface area contributed by atoms with Gasteiger partial charge in [0.05, 0.1) is 11.1 Å². The van der Waals surface area contributed by atoms with Crippen LogP contribution in [0.3, 0.4) is 0 Å². The van der Waals surface area contributed by atoms with E-state index in [9.17, 15) is 14.4 Å². The SMILES string of the molecule is Cc1noc(=O)c2ccc(N(C(=O)C(=O)Cc3cccc4c3OCO4)C3CCC3)cc12. The number of aromatic nitrogens is 1. The number of hydrogen-bond donors (Lipinski definition) is 0. The van der Waals surface area contributed by atoms with Gasteiger partial charge >= 0.3 is 5.63 Å². The van der Waals surface area contributed by atoms with Crippen LogP contribution < -0.4 is 20.0 Å². The molecule has 1 fully saturated rings. The molecule has 31 heavy (non-hydrogen) atoms. The summed E-state index contributed by atoms with van der Waals surface area (Å²) in [5, 5.41) is 4.76. The van der Waals surface area contributed by atoms with Crippen LogP contribution in [0.1, 0.15) is 30.5 Å². The van der Waals surface area contributed by atoms with Crippen LogP contribution in [0.5, 0.6) is 11.5 Å². The monoisotopic (exact) mass is 420 g/mol. The normalized spacial score (nSPS) is 15.0. The Morgan fingerprint density at radius 3 is 2.74 bits per heavy atom. The van der Waals surface area contributed by atoms with Gasteiger partial charge < -0.3 is 18.9 Å². The Kier molecular flexibility index (Phi) is 4.69. The molecule has 2 aromatic carbocycles. The molecule has 1 aliphatic heterocycles. The molecule has 0 radical (unpaired) electrons. The van der Waals surface area contributed by atoms with Gasteiger partial charge in [0.1, 0.15) is 0 Å². The highest BCUT2D eigenvalue weighted by Gasteiger charge is 2.34. The molecule has 0 N–H and O–H groups in total. The molecule has 3 aromatic rings. The summed E-state index contributed by atoms with van der Waals surface area (Å²) in [4.78, 5) is 39.8. The summed E-state index contributed by atoms with van der Waals surface area (Å²) >= 11 is 0. The van der Waals surface area contributed by atoms with Gasteiger partial charge in [-0.3, -0.25) is 9.59 Å². The van der Waals surface area contributed by atoms with Crippen LogP contribution in [-0.2, 0) is 16.0 Å². The second-order valence-corrected chi connectivity index (χ2v) is 7.80. The summed E-state index contributed by atoms with van der Waals surface area (Å²) in [6.07, 6.45) is 2.57. The number of para-hydroxylation sites is 1. The molecule has 2 aliphatic rings. The van der Waals surface area contributed by atoms with Gasteiger partial charge in [-0.2, -0.15) is 0 Å². The van der Waals surface area contributed by atoms with Crippen molar-refractivity contribution >= 4 is 28.2 Å². The number of Topliss-reactive ketones (excluding diaryl/α,β-unsaturated/α-hetero) is 1. The van der Waals surface area contributed by atoms with E-state index in [4.69, 9.17) is 14.0 Å². The molecular formula is C23H20N2O6. The molecule has 1 aromatic heterocycles. The Hall–Kier alpha value is -3.68. The zero-order chi connectivity index (χ0) is 21.5. The lowest BCUT2D eigenvalue weighted by Crippen LogP contribution is -2.48. The van der Waals surface area contributed by atoms with Crippen LogP contribution in [0.2, 0.25) is 0 Å². The molecule has 0 unspecified atom stereocenters. The number of carbonyl (C=O) groups is 2. The number of ketones is 1. The fourth-order valence-electron chi connectivity index (χ4n) is 4.02. The number of nitrogens with zero attached hydrogens (tertiary/aromatic N) is 2. The molecule has 1 saturated carbocycles. The lowest BCUT2D eigenvalue weighted by Gasteiger charge is -2.37. The molecule has 0 atom stereocenters. The summed E-state index contributed by atoms with van der Waals surface area (Å²) < 4.78 is 15.6. The van der Waals surface area contributed by atoms with E-state index in [1.165, 1.54) is 0 Å². The minimum absolute atomic E-state index is 0.0524. The van der Waals surface area contributed by atoms with E-state index in [1.807, 2.05) is 0 Å². The first kappa shape index (κ1) is 19.3. The molecule has 1 amide bonds. The predicted octanol–water partition coefficient (Wildman–Crippen LogP) is 2.92. The number of amides is 1. The molecule has 8 heteroatoms. The number of rotatable bonds is 5. The largest absolute Gasteiger partial charge is 0.454 e. The van der Waals surface area contributed by atoms with Crippen molar-refractivity contribution in [3.63, 3.8) is 0 Å². The predicted molar refractivity (Wildman–Crippen MR) is 111 cm³/mol. The summed E-state index contributed by atoms with van der Waals surface area (Å²) in [6.45, 7) is 1.83. The Balaban J connectivity index is 1.48. The van der Waals surface area contributed by atoms with E-state index in [-0.39, 0.29) is 19.3 Å². The van der Waals surface area contributed by atoms with Gasteiger partial charge in [-0.05, 0) is 50.5 Å². The molecule has 8 nitrogen and oxygen atoms in total. The standard InChI is InChI=1S/C23H20N2O6/c1-13-18-11-16(8-9-17(18)23(28)31-24-13)25(15-5-3-6-15)22(27)19(26)10-14-4-2-7-20-21(14)30-12-29-20/h2,4,7-9,11,15H,3,5-6,10,12H2,1H3. The topological polar surface area (TPSA) is 98.9 Å². The number of fused-ring (bicyclic) bond motifs is 2. The average molecular weight is 420 g/mol. The van der Waals surface area contributed by atoms with Crippen molar-refractivity contribution in [1.29, 1.82) is 0 Å². The maximum atomic E-state index is 13.3. The zero-order valence-corrected chi connectivity index (χ0v) is 16.9. The van der Waals surface area contributed by atoms with Crippen LogP contribution >= 0.6 is 0 Å². The summed E-state index contributed by atoms with van der Waals surface area (Å²) in [6, 6.07) is 10.3. The summed E-state index contributed by atoms with van der Waals surface area (Å²) in [5.41, 5.74) is 1.20. The third-order valence-electron chi connectivity index (χ3n) is 5.88. The van der Waals surface area contributed by atoms with Crippen LogP contribution in [0.25, 0.3) is 10.8 Å². The third kappa shape index (κ3) is 3.34. The quantitative estimate of drug-likeness (QED) is 0.585. The number of aryl methyl sites for hydroxylation is 1. The van der Waals surface area contributed by atoms with E-state index in [0.29, 0.717) is 39.2 Å². The van der Waals surface area contributed by atoms with Gasteiger partial charge in [-0.25, -0.2) is 4.79 Å². The Morgan fingerprint density at radius 2 is 1.97 bits per heavy atom.